The van der Waals surface area contributed by atoms with Gasteiger partial charge in [0.05, 0.1) is 18.3 Å². The molecule has 0 unspecified atom stereocenters. The third-order valence-electron chi connectivity index (χ3n) is 6.43. The van der Waals surface area contributed by atoms with Crippen LogP contribution in [0.1, 0.15) is 49.8 Å². The fourth-order valence-electron chi connectivity index (χ4n) is 4.12. The number of nitrogens with zero attached hydrogens (tertiary/aromatic N) is 1. The third-order valence-corrected chi connectivity index (χ3v) is 6.43. The zero-order valence-corrected chi connectivity index (χ0v) is 22.3. The number of nitrogens with two attached hydrogens (primary N) is 2. The number of amides is 5. The minimum atomic E-state index is -0.878. The molecule has 2 aromatic rings. The van der Waals surface area contributed by atoms with Gasteiger partial charge in [-0.25, -0.2) is 4.79 Å². The molecule has 10 heteroatoms. The number of anilines is 1. The van der Waals surface area contributed by atoms with E-state index in [2.05, 4.69) is 27.8 Å². The lowest BCUT2D eigenvalue weighted by Crippen LogP contribution is -2.53. The Morgan fingerprint density at radius 3 is 2.31 bits per heavy atom. The minimum absolute atomic E-state index is 0.0467. The van der Waals surface area contributed by atoms with Gasteiger partial charge in [-0.3, -0.25) is 14.4 Å². The number of fused-ring (bicyclic) bond motifs is 2. The van der Waals surface area contributed by atoms with Gasteiger partial charge in [0.2, 0.25) is 17.7 Å². The molecule has 0 radical (unpaired) electrons. The van der Waals surface area contributed by atoms with Crippen LogP contribution in [0.2, 0.25) is 0 Å². The maximum absolute atomic E-state index is 13.4. The number of para-hydroxylation sites is 1. The number of hydrogen-bond donors (Lipinski definition) is 5. The van der Waals surface area contributed by atoms with Crippen molar-refractivity contribution in [1.82, 2.24) is 16.0 Å². The van der Waals surface area contributed by atoms with Crippen molar-refractivity contribution in [2.75, 3.05) is 18.0 Å². The molecule has 2 aromatic carbocycles. The van der Waals surface area contributed by atoms with E-state index in [4.69, 9.17) is 11.5 Å². The van der Waals surface area contributed by atoms with Gasteiger partial charge in [0.25, 0.3) is 0 Å². The van der Waals surface area contributed by atoms with E-state index in [0.717, 1.165) is 16.7 Å². The smallest absolute Gasteiger partial charge is 0.312 e. The molecule has 3 rings (SSSR count). The van der Waals surface area contributed by atoms with E-state index in [-0.39, 0.29) is 37.8 Å². The number of hydrogen-bond acceptors (Lipinski definition) is 5. The van der Waals surface area contributed by atoms with Crippen LogP contribution in [0.5, 0.6) is 0 Å². The van der Waals surface area contributed by atoms with Gasteiger partial charge in [-0.15, -0.1) is 0 Å². The normalized spacial score (nSPS) is 13.4. The molecule has 5 amide bonds. The maximum atomic E-state index is 13.4. The van der Waals surface area contributed by atoms with Crippen LogP contribution in [0, 0.1) is 17.8 Å². The molecule has 1 aliphatic rings. The highest BCUT2D eigenvalue weighted by Gasteiger charge is 2.26. The molecule has 1 heterocycles. The van der Waals surface area contributed by atoms with Crippen molar-refractivity contribution < 1.29 is 19.2 Å². The van der Waals surface area contributed by atoms with Crippen molar-refractivity contribution in [2.24, 2.45) is 17.4 Å². The first-order valence-corrected chi connectivity index (χ1v) is 13.0. The van der Waals surface area contributed by atoms with Crippen molar-refractivity contribution in [1.29, 1.82) is 0 Å². The molecular formula is C29H36N6O4. The molecule has 0 aromatic heterocycles. The van der Waals surface area contributed by atoms with Crippen LogP contribution in [0.25, 0.3) is 0 Å². The van der Waals surface area contributed by atoms with E-state index in [1.165, 1.54) is 0 Å². The molecule has 206 valence electrons. The van der Waals surface area contributed by atoms with Crippen molar-refractivity contribution in [3.63, 3.8) is 0 Å². The summed E-state index contributed by atoms with van der Waals surface area (Å²) in [6, 6.07) is 12.9. The molecule has 0 bridgehead atoms. The third kappa shape index (κ3) is 8.32. The van der Waals surface area contributed by atoms with Crippen molar-refractivity contribution >= 4 is 29.4 Å². The van der Waals surface area contributed by atoms with E-state index in [9.17, 15) is 19.2 Å². The van der Waals surface area contributed by atoms with E-state index < -0.39 is 29.9 Å². The molecule has 0 fully saturated rings. The summed E-state index contributed by atoms with van der Waals surface area (Å²) in [7, 11) is 0. The van der Waals surface area contributed by atoms with Gasteiger partial charge in [-0.05, 0) is 42.5 Å². The SMILES string of the molecule is CC(C)[C@H](N)C(=O)N[C@@H](CCCNC(N)=O)C(=O)NCCC(=O)N1Cc2ccccc2C#Cc2ccccc21. The second-order valence-corrected chi connectivity index (χ2v) is 9.71. The van der Waals surface area contributed by atoms with Crippen molar-refractivity contribution in [3.8, 4) is 11.8 Å². The van der Waals surface area contributed by atoms with Crippen LogP contribution in [0.15, 0.2) is 48.5 Å². The summed E-state index contributed by atoms with van der Waals surface area (Å²) in [6.07, 6.45) is 0.707. The maximum Gasteiger partial charge on any atom is 0.312 e. The molecule has 39 heavy (non-hydrogen) atoms. The summed E-state index contributed by atoms with van der Waals surface area (Å²) in [6.45, 7) is 4.31. The van der Waals surface area contributed by atoms with Crippen LogP contribution in [-0.4, -0.2) is 48.9 Å². The molecule has 0 aliphatic carbocycles. The van der Waals surface area contributed by atoms with Gasteiger partial charge >= 0.3 is 6.03 Å². The molecule has 7 N–H and O–H groups in total. The minimum Gasteiger partial charge on any atom is -0.354 e. The Morgan fingerprint density at radius 2 is 1.59 bits per heavy atom. The average Bonchev–Trinajstić information content (AvgIpc) is 2.90. The van der Waals surface area contributed by atoms with Crippen molar-refractivity contribution in [2.45, 2.75) is 51.7 Å². The fourth-order valence-corrected chi connectivity index (χ4v) is 4.12. The summed E-state index contributed by atoms with van der Waals surface area (Å²) >= 11 is 0. The molecule has 0 saturated carbocycles. The predicted molar refractivity (Wildman–Crippen MR) is 149 cm³/mol. The van der Waals surface area contributed by atoms with Crippen molar-refractivity contribution in [3.05, 3.63) is 65.2 Å². The molecule has 10 nitrogen and oxygen atoms in total. The Morgan fingerprint density at radius 1 is 0.923 bits per heavy atom. The summed E-state index contributed by atoms with van der Waals surface area (Å²) < 4.78 is 0. The number of primary amides is 1. The molecule has 1 aliphatic heterocycles. The second-order valence-electron chi connectivity index (χ2n) is 9.71. The van der Waals surface area contributed by atoms with Gasteiger partial charge in [0, 0.05) is 30.6 Å². The zero-order valence-electron chi connectivity index (χ0n) is 22.3. The van der Waals surface area contributed by atoms with Crippen LogP contribution >= 0.6 is 0 Å². The Kier molecular flexibility index (Phi) is 10.5. The highest BCUT2D eigenvalue weighted by molar-refractivity contribution is 5.96. The molecule has 0 saturated heterocycles. The first-order chi connectivity index (χ1) is 18.7. The molecule has 2 atom stereocenters. The highest BCUT2D eigenvalue weighted by atomic mass is 16.2. The number of nitrogens with one attached hydrogen (secondary N) is 3. The number of urea groups is 1. The van der Waals surface area contributed by atoms with Crippen LogP contribution in [0.3, 0.4) is 0 Å². The second kappa shape index (κ2) is 14.0. The lowest BCUT2D eigenvalue weighted by molar-refractivity contribution is -0.130. The lowest BCUT2D eigenvalue weighted by atomic mass is 10.0. The quantitative estimate of drug-likeness (QED) is 0.218. The van der Waals surface area contributed by atoms with Gasteiger partial charge < -0.3 is 32.3 Å². The number of carbonyl (C=O) groups is 4. The van der Waals surface area contributed by atoms with Gasteiger partial charge in [-0.2, -0.15) is 0 Å². The monoisotopic (exact) mass is 532 g/mol. The Bertz CT molecular complexity index is 1270. The van der Waals surface area contributed by atoms with E-state index in [0.29, 0.717) is 18.7 Å². The summed E-state index contributed by atoms with van der Waals surface area (Å²) in [5.41, 5.74) is 14.3. The van der Waals surface area contributed by atoms with Crippen LogP contribution < -0.4 is 32.3 Å². The number of carbonyl (C=O) groups excluding carboxylic acids is 4. The van der Waals surface area contributed by atoms with Gasteiger partial charge in [0.15, 0.2) is 0 Å². The van der Waals surface area contributed by atoms with Crippen LogP contribution in [0.4, 0.5) is 10.5 Å². The Balaban J connectivity index is 1.66. The standard InChI is InChI=1S/C29H36N6O4/c1-19(2)26(30)28(38)34-23(11-7-16-33-29(31)39)27(37)32-17-15-25(36)35-18-22-10-4-3-8-20(22)13-14-21-9-5-6-12-24(21)35/h3-6,8-10,12,19,23,26H,7,11,15-18,30H2,1-2H3,(H,32,37)(H,34,38)(H3,31,33,39)/t23-,26-/m0/s1. The summed E-state index contributed by atoms with van der Waals surface area (Å²) in [5.74, 6) is 5.19. The fraction of sp³-hybridized carbons (Fsp3) is 0.379. The Hall–Kier alpha value is -4.36. The topological polar surface area (TPSA) is 160 Å². The largest absolute Gasteiger partial charge is 0.354 e. The lowest BCUT2D eigenvalue weighted by Gasteiger charge is -2.26. The van der Waals surface area contributed by atoms with Gasteiger partial charge in [-0.1, -0.05) is 56.0 Å². The van der Waals surface area contributed by atoms with E-state index >= 15 is 0 Å². The van der Waals surface area contributed by atoms with E-state index in [1.807, 2.05) is 62.4 Å². The zero-order chi connectivity index (χ0) is 28.4. The summed E-state index contributed by atoms with van der Waals surface area (Å²) in [4.78, 5) is 51.5. The van der Waals surface area contributed by atoms with Gasteiger partial charge in [0.1, 0.15) is 6.04 Å². The highest BCUT2D eigenvalue weighted by Crippen LogP contribution is 2.25. The Labute approximate surface area is 228 Å². The molecular weight excluding hydrogens is 496 g/mol. The predicted octanol–water partition coefficient (Wildman–Crippen LogP) is 1.36. The van der Waals surface area contributed by atoms with Crippen LogP contribution in [-0.2, 0) is 20.9 Å². The molecule has 0 spiro atoms. The van der Waals surface area contributed by atoms with E-state index in [1.54, 1.807) is 4.90 Å². The summed E-state index contributed by atoms with van der Waals surface area (Å²) in [5, 5.41) is 7.92. The average molecular weight is 533 g/mol. The first kappa shape index (κ1) is 29.2. The number of rotatable bonds is 11. The first-order valence-electron chi connectivity index (χ1n) is 13.0. The number of benzene rings is 2.